The fourth-order valence-electron chi connectivity index (χ4n) is 3.34. The first-order valence-electron chi connectivity index (χ1n) is 9.70. The van der Waals surface area contributed by atoms with Crippen molar-refractivity contribution < 1.29 is 14.6 Å². The van der Waals surface area contributed by atoms with E-state index >= 15 is 0 Å². The Hall–Kier alpha value is -2.37. The average Bonchev–Trinajstić information content (AvgIpc) is 2.70. The second-order valence-corrected chi connectivity index (χ2v) is 6.75. The molecule has 0 radical (unpaired) electrons. The van der Waals surface area contributed by atoms with Gasteiger partial charge in [0.1, 0.15) is 5.75 Å². The second kappa shape index (κ2) is 10.1. The Balaban J connectivity index is 1.63. The van der Waals surface area contributed by atoms with Crippen LogP contribution in [0.5, 0.6) is 5.75 Å². The summed E-state index contributed by atoms with van der Waals surface area (Å²) in [6.45, 7) is 3.14. The molecular weight excluding hydrogens is 340 g/mol. The van der Waals surface area contributed by atoms with Crippen LogP contribution in [0.1, 0.15) is 30.4 Å². The molecule has 0 atom stereocenters. The van der Waals surface area contributed by atoms with E-state index in [0.29, 0.717) is 19.6 Å². The molecule has 0 bridgehead atoms. The summed E-state index contributed by atoms with van der Waals surface area (Å²) in [4.78, 5) is 14.4. The maximum atomic E-state index is 12.5. The highest BCUT2D eigenvalue weighted by atomic mass is 16.5. The van der Waals surface area contributed by atoms with E-state index in [9.17, 15) is 4.79 Å². The zero-order valence-electron chi connectivity index (χ0n) is 15.7. The third kappa shape index (κ3) is 5.31. The number of ether oxygens (including phenoxy) is 1. The minimum absolute atomic E-state index is 0.164. The largest absolute Gasteiger partial charge is 0.493 e. The Morgan fingerprint density at radius 2 is 1.81 bits per heavy atom. The summed E-state index contributed by atoms with van der Waals surface area (Å²) in [5.74, 6) is 1.05. The molecule has 5 heteroatoms. The molecule has 27 heavy (non-hydrogen) atoms. The van der Waals surface area contributed by atoms with Crippen LogP contribution in [-0.4, -0.2) is 37.3 Å². The van der Waals surface area contributed by atoms with Crippen LogP contribution in [0.25, 0.3) is 0 Å². The van der Waals surface area contributed by atoms with Gasteiger partial charge >= 0.3 is 0 Å². The third-order valence-electron chi connectivity index (χ3n) is 4.74. The highest BCUT2D eigenvalue weighted by molar-refractivity contribution is 5.96. The summed E-state index contributed by atoms with van der Waals surface area (Å²) in [7, 11) is 0. The fraction of sp³-hybridized carbons (Fsp3) is 0.409. The minimum Gasteiger partial charge on any atom is -0.493 e. The molecule has 144 valence electrons. The van der Waals surface area contributed by atoms with Crippen LogP contribution in [0, 0.1) is 0 Å². The van der Waals surface area contributed by atoms with E-state index in [1.165, 1.54) is 0 Å². The number of aliphatic hydroxyl groups is 1. The summed E-state index contributed by atoms with van der Waals surface area (Å²) < 4.78 is 6.02. The lowest BCUT2D eigenvalue weighted by Gasteiger charge is -2.30. The number of amides is 1. The lowest BCUT2D eigenvalue weighted by atomic mass is 9.99. The van der Waals surface area contributed by atoms with E-state index in [2.05, 4.69) is 5.32 Å². The van der Waals surface area contributed by atoms with Gasteiger partial charge in [0.05, 0.1) is 18.8 Å². The number of hydrogen-bond acceptors (Lipinski definition) is 4. The molecule has 2 aromatic carbocycles. The number of carbonyl (C=O) groups excluding carboxylic acids is 1. The van der Waals surface area contributed by atoms with E-state index < -0.39 is 0 Å². The number of fused-ring (bicyclic) bond motifs is 1. The predicted molar refractivity (Wildman–Crippen MR) is 107 cm³/mol. The van der Waals surface area contributed by atoms with E-state index in [4.69, 9.17) is 9.84 Å². The molecule has 5 nitrogen and oxygen atoms in total. The van der Waals surface area contributed by atoms with Crippen molar-refractivity contribution >= 4 is 11.6 Å². The molecular formula is C22H28N2O3. The van der Waals surface area contributed by atoms with Gasteiger partial charge in [-0.2, -0.15) is 0 Å². The van der Waals surface area contributed by atoms with Crippen molar-refractivity contribution in [2.75, 3.05) is 31.2 Å². The maximum Gasteiger partial charge on any atom is 0.227 e. The van der Waals surface area contributed by atoms with Gasteiger partial charge in [-0.05, 0) is 50.0 Å². The summed E-state index contributed by atoms with van der Waals surface area (Å²) in [5.41, 5.74) is 3.22. The smallest absolute Gasteiger partial charge is 0.227 e. The zero-order valence-corrected chi connectivity index (χ0v) is 15.7. The molecule has 2 N–H and O–H groups in total. The Kier molecular flexibility index (Phi) is 7.25. The number of rotatable bonds is 10. The number of anilines is 1. The van der Waals surface area contributed by atoms with Crippen molar-refractivity contribution in [1.82, 2.24) is 5.32 Å². The highest BCUT2D eigenvalue weighted by Crippen LogP contribution is 2.35. The minimum atomic E-state index is 0.164. The Morgan fingerprint density at radius 1 is 1.00 bits per heavy atom. The van der Waals surface area contributed by atoms with Crippen molar-refractivity contribution in [2.24, 2.45) is 0 Å². The summed E-state index contributed by atoms with van der Waals surface area (Å²) in [6, 6.07) is 16.0. The lowest BCUT2D eigenvalue weighted by Crippen LogP contribution is -2.34. The van der Waals surface area contributed by atoms with E-state index in [1.54, 1.807) is 0 Å². The Labute approximate surface area is 161 Å². The lowest BCUT2D eigenvalue weighted by molar-refractivity contribution is -0.119. The molecule has 0 saturated carbocycles. The number of hydrogen-bond donors (Lipinski definition) is 2. The summed E-state index contributed by atoms with van der Waals surface area (Å²) in [5, 5.41) is 12.1. The number of carbonyl (C=O) groups is 1. The molecule has 0 unspecified atom stereocenters. The van der Waals surface area contributed by atoms with E-state index in [-0.39, 0.29) is 12.5 Å². The first-order valence-corrected chi connectivity index (χ1v) is 9.70. The third-order valence-corrected chi connectivity index (χ3v) is 4.74. The molecule has 0 aromatic heterocycles. The van der Waals surface area contributed by atoms with Crippen LogP contribution in [-0.2, 0) is 17.8 Å². The molecule has 0 spiro atoms. The van der Waals surface area contributed by atoms with Gasteiger partial charge in [0.15, 0.2) is 0 Å². The van der Waals surface area contributed by atoms with Gasteiger partial charge in [-0.25, -0.2) is 0 Å². The number of nitrogens with zero attached hydrogens (tertiary/aromatic N) is 1. The number of aliphatic hydroxyl groups excluding tert-OH is 1. The quantitative estimate of drug-likeness (QED) is 0.633. The van der Waals surface area contributed by atoms with Gasteiger partial charge in [-0.15, -0.1) is 0 Å². The van der Waals surface area contributed by atoms with E-state index in [1.807, 2.05) is 53.4 Å². The highest BCUT2D eigenvalue weighted by Gasteiger charge is 2.26. The van der Waals surface area contributed by atoms with Crippen LogP contribution in [0.2, 0.25) is 0 Å². The zero-order chi connectivity index (χ0) is 18.9. The van der Waals surface area contributed by atoms with Gasteiger partial charge in [0.2, 0.25) is 5.91 Å². The van der Waals surface area contributed by atoms with Crippen LogP contribution < -0.4 is 15.0 Å². The Morgan fingerprint density at radius 3 is 2.63 bits per heavy atom. The monoisotopic (exact) mass is 368 g/mol. The van der Waals surface area contributed by atoms with Crippen molar-refractivity contribution in [1.29, 1.82) is 0 Å². The van der Waals surface area contributed by atoms with Gasteiger partial charge < -0.3 is 20.1 Å². The molecule has 0 aliphatic carbocycles. The van der Waals surface area contributed by atoms with Crippen LogP contribution in [0.4, 0.5) is 5.69 Å². The van der Waals surface area contributed by atoms with Crippen molar-refractivity contribution in [3.63, 3.8) is 0 Å². The topological polar surface area (TPSA) is 61.8 Å². The van der Waals surface area contributed by atoms with E-state index in [0.717, 1.165) is 54.9 Å². The van der Waals surface area contributed by atoms with Gasteiger partial charge in [-0.1, -0.05) is 36.4 Å². The average molecular weight is 368 g/mol. The molecule has 1 heterocycles. The normalized spacial score (nSPS) is 13.5. The second-order valence-electron chi connectivity index (χ2n) is 6.75. The number of nitrogens with one attached hydrogen (secondary N) is 1. The maximum absolute atomic E-state index is 12.5. The molecule has 3 rings (SSSR count). The first-order chi connectivity index (χ1) is 13.3. The predicted octanol–water partition coefficient (Wildman–Crippen LogP) is 2.91. The fourth-order valence-corrected chi connectivity index (χ4v) is 3.34. The summed E-state index contributed by atoms with van der Waals surface area (Å²) in [6.07, 6.45) is 2.92. The summed E-state index contributed by atoms with van der Waals surface area (Å²) >= 11 is 0. The first kappa shape index (κ1) is 19.4. The van der Waals surface area contributed by atoms with Gasteiger partial charge in [0, 0.05) is 18.6 Å². The Bertz CT molecular complexity index is 734. The van der Waals surface area contributed by atoms with Crippen molar-refractivity contribution in [2.45, 2.75) is 32.2 Å². The van der Waals surface area contributed by atoms with Crippen LogP contribution in [0.15, 0.2) is 48.5 Å². The molecule has 1 amide bonds. The standard InChI is InChI=1S/C22H28N2O3/c25-15-5-13-23-14-6-16-27-21-10-4-9-20-19(21)11-12-22(26)24(20)17-18-7-2-1-3-8-18/h1-4,7-10,23,25H,5-6,11-17H2. The molecule has 1 aliphatic rings. The van der Waals surface area contributed by atoms with Gasteiger partial charge in [0.25, 0.3) is 0 Å². The molecule has 0 saturated heterocycles. The number of benzene rings is 2. The van der Waals surface area contributed by atoms with Gasteiger partial charge in [-0.3, -0.25) is 4.79 Å². The SMILES string of the molecule is O=C1CCc2c(OCCCNCCCO)cccc2N1Cc1ccccc1. The van der Waals surface area contributed by atoms with Crippen molar-refractivity contribution in [3.05, 3.63) is 59.7 Å². The van der Waals surface area contributed by atoms with Crippen LogP contribution >= 0.6 is 0 Å². The van der Waals surface area contributed by atoms with Crippen LogP contribution in [0.3, 0.4) is 0 Å². The van der Waals surface area contributed by atoms with Crippen molar-refractivity contribution in [3.8, 4) is 5.75 Å². The molecule has 1 aliphatic heterocycles. The molecule has 2 aromatic rings. The molecule has 0 fully saturated rings.